The summed E-state index contributed by atoms with van der Waals surface area (Å²) in [5.74, 6) is -1.05. The van der Waals surface area contributed by atoms with Crippen molar-refractivity contribution in [3.8, 4) is 11.1 Å². The molecule has 2 nitrogen and oxygen atoms in total. The number of halogens is 2. The van der Waals surface area contributed by atoms with Crippen molar-refractivity contribution < 1.29 is 9.90 Å². The van der Waals surface area contributed by atoms with Gasteiger partial charge in [-0.1, -0.05) is 52.3 Å². The van der Waals surface area contributed by atoms with Gasteiger partial charge in [0.05, 0.1) is 0 Å². The molecule has 0 saturated heterocycles. The molecule has 0 aliphatic heterocycles. The highest BCUT2D eigenvalue weighted by atomic mass is 79.9. The van der Waals surface area contributed by atoms with Crippen LogP contribution in [0.2, 0.25) is 0 Å². The summed E-state index contributed by atoms with van der Waals surface area (Å²) in [6.07, 6.45) is 0. The van der Waals surface area contributed by atoms with Gasteiger partial charge < -0.3 is 5.11 Å². The van der Waals surface area contributed by atoms with Crippen molar-refractivity contribution in [2.75, 3.05) is 0 Å². The van der Waals surface area contributed by atoms with Crippen molar-refractivity contribution in [1.82, 2.24) is 0 Å². The molecule has 1 unspecified atom stereocenters. The summed E-state index contributed by atoms with van der Waals surface area (Å²) in [7, 11) is 0. The molecule has 98 valence electrons. The van der Waals surface area contributed by atoms with Crippen molar-refractivity contribution in [3.05, 3.63) is 58.6 Å². The van der Waals surface area contributed by atoms with Crippen LogP contribution >= 0.6 is 27.5 Å². The van der Waals surface area contributed by atoms with Crippen LogP contribution in [0.5, 0.6) is 0 Å². The van der Waals surface area contributed by atoms with Gasteiger partial charge in [-0.05, 0) is 35.7 Å². The van der Waals surface area contributed by atoms with Gasteiger partial charge in [0.15, 0.2) is 4.87 Å². The molecule has 0 bridgehead atoms. The minimum Gasteiger partial charge on any atom is -0.480 e. The Bertz CT molecular complexity index is 589. The van der Waals surface area contributed by atoms with E-state index in [1.165, 1.54) is 6.92 Å². The number of aliphatic carboxylic acids is 1. The lowest BCUT2D eigenvalue weighted by molar-refractivity contribution is -0.139. The molecule has 0 aliphatic carbocycles. The number of hydrogen-bond acceptors (Lipinski definition) is 1. The lowest BCUT2D eigenvalue weighted by Crippen LogP contribution is -2.25. The third kappa shape index (κ3) is 2.99. The lowest BCUT2D eigenvalue weighted by atomic mass is 9.97. The smallest absolute Gasteiger partial charge is 0.329 e. The Hall–Kier alpha value is -1.32. The average Bonchev–Trinajstić information content (AvgIpc) is 2.39. The third-order valence-corrected chi connectivity index (χ3v) is 3.91. The van der Waals surface area contributed by atoms with Crippen LogP contribution in [-0.2, 0) is 9.67 Å². The van der Waals surface area contributed by atoms with E-state index < -0.39 is 10.8 Å². The Morgan fingerprint density at radius 1 is 1.05 bits per heavy atom. The molecule has 2 aromatic carbocycles. The molecule has 0 saturated carbocycles. The first-order valence-electron chi connectivity index (χ1n) is 5.70. The largest absolute Gasteiger partial charge is 0.480 e. The molecule has 2 aromatic rings. The second kappa shape index (κ2) is 5.35. The van der Waals surface area contributed by atoms with Gasteiger partial charge in [0, 0.05) is 4.47 Å². The second-order valence-corrected chi connectivity index (χ2v) is 6.06. The van der Waals surface area contributed by atoms with Crippen molar-refractivity contribution in [2.45, 2.75) is 11.8 Å². The van der Waals surface area contributed by atoms with E-state index in [1.54, 1.807) is 12.1 Å². The molecule has 0 aromatic heterocycles. The fourth-order valence-electron chi connectivity index (χ4n) is 1.74. The summed E-state index contributed by atoms with van der Waals surface area (Å²) in [5.41, 5.74) is 2.66. The van der Waals surface area contributed by atoms with Crippen LogP contribution in [0.3, 0.4) is 0 Å². The Kier molecular flexibility index (Phi) is 3.97. The van der Waals surface area contributed by atoms with Crippen molar-refractivity contribution in [1.29, 1.82) is 0 Å². The Morgan fingerprint density at radius 2 is 1.47 bits per heavy atom. The fourth-order valence-corrected chi connectivity index (χ4v) is 2.13. The van der Waals surface area contributed by atoms with Crippen molar-refractivity contribution >= 4 is 33.5 Å². The van der Waals surface area contributed by atoms with E-state index in [0.29, 0.717) is 5.56 Å². The average molecular weight is 340 g/mol. The van der Waals surface area contributed by atoms with Crippen LogP contribution in [0.1, 0.15) is 12.5 Å². The molecule has 0 amide bonds. The minimum atomic E-state index is -1.39. The first kappa shape index (κ1) is 14.1. The predicted molar refractivity (Wildman–Crippen MR) is 80.4 cm³/mol. The van der Waals surface area contributed by atoms with E-state index >= 15 is 0 Å². The fraction of sp³-hybridized carbons (Fsp3) is 0.133. The maximum Gasteiger partial charge on any atom is 0.329 e. The first-order chi connectivity index (χ1) is 8.91. The van der Waals surface area contributed by atoms with Gasteiger partial charge in [0.1, 0.15) is 0 Å². The van der Waals surface area contributed by atoms with Crippen LogP contribution in [0, 0.1) is 0 Å². The number of hydrogen-bond donors (Lipinski definition) is 1. The molecule has 0 heterocycles. The van der Waals surface area contributed by atoms with Gasteiger partial charge >= 0.3 is 5.97 Å². The lowest BCUT2D eigenvalue weighted by Gasteiger charge is -2.17. The Morgan fingerprint density at radius 3 is 1.89 bits per heavy atom. The summed E-state index contributed by atoms with van der Waals surface area (Å²) < 4.78 is 1.02. The maximum atomic E-state index is 11.1. The quantitative estimate of drug-likeness (QED) is 0.826. The van der Waals surface area contributed by atoms with E-state index in [4.69, 9.17) is 16.7 Å². The molecular weight excluding hydrogens is 328 g/mol. The monoisotopic (exact) mass is 338 g/mol. The second-order valence-electron chi connectivity index (χ2n) is 4.39. The summed E-state index contributed by atoms with van der Waals surface area (Å²) in [6, 6.07) is 15.2. The van der Waals surface area contributed by atoms with Crippen LogP contribution < -0.4 is 0 Å². The van der Waals surface area contributed by atoms with Gasteiger partial charge in [-0.3, -0.25) is 0 Å². The van der Waals surface area contributed by atoms with Crippen LogP contribution in [0.4, 0.5) is 0 Å². The van der Waals surface area contributed by atoms with Gasteiger partial charge in [-0.15, -0.1) is 11.6 Å². The van der Waals surface area contributed by atoms with Gasteiger partial charge in [-0.25, -0.2) is 4.79 Å². The van der Waals surface area contributed by atoms with Gasteiger partial charge in [-0.2, -0.15) is 0 Å². The maximum absolute atomic E-state index is 11.1. The Labute approximate surface area is 125 Å². The van der Waals surface area contributed by atoms with E-state index in [9.17, 15) is 4.79 Å². The number of carboxylic acid groups (broad SMARTS) is 1. The van der Waals surface area contributed by atoms with E-state index in [1.807, 2.05) is 36.4 Å². The van der Waals surface area contributed by atoms with Crippen LogP contribution in [-0.4, -0.2) is 11.1 Å². The molecule has 0 fully saturated rings. The van der Waals surface area contributed by atoms with Crippen LogP contribution in [0.15, 0.2) is 53.0 Å². The number of carboxylic acids is 1. The number of carbonyl (C=O) groups is 1. The summed E-state index contributed by atoms with van der Waals surface area (Å²) >= 11 is 9.40. The molecule has 0 spiro atoms. The summed E-state index contributed by atoms with van der Waals surface area (Å²) in [4.78, 5) is 9.69. The van der Waals surface area contributed by atoms with Gasteiger partial charge in [0.2, 0.25) is 0 Å². The highest BCUT2D eigenvalue weighted by Crippen LogP contribution is 2.31. The zero-order chi connectivity index (χ0) is 14.0. The van der Waals surface area contributed by atoms with Crippen LogP contribution in [0.25, 0.3) is 11.1 Å². The van der Waals surface area contributed by atoms with Crippen molar-refractivity contribution in [3.63, 3.8) is 0 Å². The molecule has 2 rings (SSSR count). The SMILES string of the molecule is CC(Cl)(C(=O)O)c1ccc(-c2ccc(Br)cc2)cc1. The zero-order valence-electron chi connectivity index (χ0n) is 10.2. The molecule has 4 heteroatoms. The standard InChI is InChI=1S/C15H12BrClO2/c1-15(17,14(18)19)12-6-2-10(3-7-12)11-4-8-13(16)9-5-11/h2-9H,1H3,(H,18,19). The minimum absolute atomic E-state index is 0.572. The summed E-state index contributed by atoms with van der Waals surface area (Å²) in [5, 5.41) is 9.07. The first-order valence-corrected chi connectivity index (χ1v) is 6.87. The molecule has 1 atom stereocenters. The molecule has 1 N–H and O–H groups in total. The molecular formula is C15H12BrClO2. The number of alkyl halides is 1. The van der Waals surface area contributed by atoms with E-state index in [-0.39, 0.29) is 0 Å². The number of benzene rings is 2. The topological polar surface area (TPSA) is 37.3 Å². The van der Waals surface area contributed by atoms with Gasteiger partial charge in [0.25, 0.3) is 0 Å². The highest BCUT2D eigenvalue weighted by Gasteiger charge is 2.32. The molecule has 0 radical (unpaired) electrons. The number of rotatable bonds is 3. The highest BCUT2D eigenvalue weighted by molar-refractivity contribution is 9.10. The molecule has 19 heavy (non-hydrogen) atoms. The van der Waals surface area contributed by atoms with E-state index in [2.05, 4.69) is 15.9 Å². The van der Waals surface area contributed by atoms with Crippen molar-refractivity contribution in [2.24, 2.45) is 0 Å². The summed E-state index contributed by atoms with van der Waals surface area (Å²) in [6.45, 7) is 1.48. The third-order valence-electron chi connectivity index (χ3n) is 3.01. The Balaban J connectivity index is 2.33. The zero-order valence-corrected chi connectivity index (χ0v) is 12.6. The molecule has 0 aliphatic rings. The normalized spacial score (nSPS) is 13.8. The predicted octanol–water partition coefficient (Wildman–Crippen LogP) is 4.65. The van der Waals surface area contributed by atoms with E-state index in [0.717, 1.165) is 15.6 Å².